The van der Waals surface area contributed by atoms with Crippen LogP contribution in [0, 0.1) is 0 Å². The van der Waals surface area contributed by atoms with E-state index in [9.17, 15) is 29.1 Å². The number of carbonyl (C=O) groups excluding carboxylic acids is 3. The molecule has 0 radical (unpaired) electrons. The van der Waals surface area contributed by atoms with Gasteiger partial charge in [0.05, 0.1) is 6.04 Å². The lowest BCUT2D eigenvalue weighted by Crippen LogP contribution is -2.58. The number of aliphatic carboxylic acids is 2. The first-order valence-electron chi connectivity index (χ1n) is 16.8. The van der Waals surface area contributed by atoms with E-state index in [2.05, 4.69) is 30.9 Å². The summed E-state index contributed by atoms with van der Waals surface area (Å²) in [7, 11) is 0. The largest absolute Gasteiger partial charge is 0.481 e. The van der Waals surface area contributed by atoms with E-state index >= 15 is 0 Å². The number of carboxylic acids is 2. The molecule has 268 valence electrons. The van der Waals surface area contributed by atoms with Crippen LogP contribution in [-0.4, -0.2) is 79.0 Å². The molecule has 0 aliphatic carbocycles. The molecule has 0 bridgehead atoms. The van der Waals surface area contributed by atoms with Crippen molar-refractivity contribution in [2.75, 3.05) is 0 Å². The highest BCUT2D eigenvalue weighted by Crippen LogP contribution is 2.22. The second kappa shape index (κ2) is 15.6. The molecule has 4 unspecified atom stereocenters. The van der Waals surface area contributed by atoms with Gasteiger partial charge in [-0.25, -0.2) is 4.79 Å². The van der Waals surface area contributed by atoms with Gasteiger partial charge in [0.25, 0.3) is 0 Å². The number of amides is 3. The van der Waals surface area contributed by atoms with Gasteiger partial charge in [-0.05, 0) is 41.3 Å². The molecule has 10 N–H and O–H groups in total. The van der Waals surface area contributed by atoms with E-state index in [1.807, 2.05) is 72.8 Å². The number of carboxylic acid groups (broad SMARTS) is 2. The third kappa shape index (κ3) is 8.13. The van der Waals surface area contributed by atoms with Gasteiger partial charge in [0.2, 0.25) is 17.7 Å². The Morgan fingerprint density at radius 2 is 0.923 bits per heavy atom. The molecule has 0 saturated carbocycles. The zero-order valence-electron chi connectivity index (χ0n) is 28.0. The summed E-state index contributed by atoms with van der Waals surface area (Å²) in [5.41, 5.74) is 10.6. The summed E-state index contributed by atoms with van der Waals surface area (Å²) in [4.78, 5) is 74.5. The maximum absolute atomic E-state index is 14.2. The predicted octanol–water partition coefficient (Wildman–Crippen LogP) is 2.89. The first kappa shape index (κ1) is 35.4. The second-order valence-electron chi connectivity index (χ2n) is 12.8. The molecule has 3 aromatic heterocycles. The van der Waals surface area contributed by atoms with Crippen molar-refractivity contribution in [2.24, 2.45) is 5.73 Å². The number of nitrogens with two attached hydrogens (primary N) is 1. The van der Waals surface area contributed by atoms with Crippen molar-refractivity contribution in [1.82, 2.24) is 30.9 Å². The Kier molecular flexibility index (Phi) is 10.7. The van der Waals surface area contributed by atoms with Crippen molar-refractivity contribution in [3.05, 3.63) is 108 Å². The van der Waals surface area contributed by atoms with Crippen LogP contribution in [0.25, 0.3) is 32.7 Å². The quantitative estimate of drug-likeness (QED) is 0.0724. The Labute approximate surface area is 297 Å². The number of benzene rings is 3. The number of nitrogens with one attached hydrogen (secondary N) is 6. The van der Waals surface area contributed by atoms with Crippen LogP contribution < -0.4 is 21.7 Å². The molecule has 14 heteroatoms. The third-order valence-corrected chi connectivity index (χ3v) is 9.18. The zero-order valence-corrected chi connectivity index (χ0v) is 28.0. The van der Waals surface area contributed by atoms with Gasteiger partial charge >= 0.3 is 11.9 Å². The van der Waals surface area contributed by atoms with Crippen molar-refractivity contribution in [1.29, 1.82) is 0 Å². The molecule has 3 heterocycles. The average Bonchev–Trinajstić information content (AvgIpc) is 3.87. The fourth-order valence-electron chi connectivity index (χ4n) is 6.41. The van der Waals surface area contributed by atoms with Crippen LogP contribution in [-0.2, 0) is 43.2 Å². The summed E-state index contributed by atoms with van der Waals surface area (Å²) >= 11 is 0. The summed E-state index contributed by atoms with van der Waals surface area (Å²) in [5.74, 6) is -4.56. The summed E-state index contributed by atoms with van der Waals surface area (Å²) in [6.07, 6.45) is 4.64. The van der Waals surface area contributed by atoms with Crippen LogP contribution in [0.4, 0.5) is 0 Å². The van der Waals surface area contributed by atoms with Gasteiger partial charge in [0.15, 0.2) is 0 Å². The molecule has 3 amide bonds. The molecule has 52 heavy (non-hydrogen) atoms. The van der Waals surface area contributed by atoms with Crippen LogP contribution in [0.1, 0.15) is 29.5 Å². The molecule has 0 fully saturated rings. The fraction of sp³-hybridized carbons (Fsp3) is 0.237. The summed E-state index contributed by atoms with van der Waals surface area (Å²) in [6, 6.07) is 17.2. The van der Waals surface area contributed by atoms with E-state index in [0.717, 1.165) is 32.7 Å². The minimum absolute atomic E-state index is 0.00692. The van der Waals surface area contributed by atoms with E-state index in [-0.39, 0.29) is 32.1 Å². The van der Waals surface area contributed by atoms with Crippen molar-refractivity contribution in [3.8, 4) is 0 Å². The zero-order chi connectivity index (χ0) is 36.8. The molecule has 0 spiro atoms. The van der Waals surface area contributed by atoms with E-state index in [0.29, 0.717) is 16.7 Å². The van der Waals surface area contributed by atoms with Gasteiger partial charge < -0.3 is 46.8 Å². The standard InChI is InChI=1S/C38H39N7O7/c39-27(13-14-34(46)47)35(48)43-31(15-21-18-40-28-10-4-1-7-24(21)28)36(49)44-32(16-22-19-41-29-11-5-2-8-25(22)29)37(50)45-33(38(51)52)17-23-20-42-30-12-6-3-9-26(23)30/h1-12,18-20,27,31-33,40-42H,13-17,39H2,(H,43,48)(H,44,49)(H,45,50)(H,46,47)(H,51,52). The van der Waals surface area contributed by atoms with Crippen LogP contribution in [0.2, 0.25) is 0 Å². The van der Waals surface area contributed by atoms with Crippen LogP contribution >= 0.6 is 0 Å². The van der Waals surface area contributed by atoms with Crippen molar-refractivity contribution in [3.63, 3.8) is 0 Å². The highest BCUT2D eigenvalue weighted by Gasteiger charge is 2.32. The van der Waals surface area contributed by atoms with Crippen molar-refractivity contribution in [2.45, 2.75) is 56.3 Å². The van der Waals surface area contributed by atoms with Crippen LogP contribution in [0.3, 0.4) is 0 Å². The lowest BCUT2D eigenvalue weighted by Gasteiger charge is -2.25. The fourth-order valence-corrected chi connectivity index (χ4v) is 6.41. The summed E-state index contributed by atoms with van der Waals surface area (Å²) < 4.78 is 0. The molecule has 14 nitrogen and oxygen atoms in total. The number of hydrogen-bond acceptors (Lipinski definition) is 6. The van der Waals surface area contributed by atoms with E-state index in [1.54, 1.807) is 18.6 Å². The monoisotopic (exact) mass is 705 g/mol. The molecule has 0 saturated heterocycles. The third-order valence-electron chi connectivity index (χ3n) is 9.18. The Bertz CT molecular complexity index is 2250. The molecular weight excluding hydrogens is 666 g/mol. The number of rotatable bonds is 16. The Balaban J connectivity index is 1.28. The molecule has 0 aliphatic rings. The average molecular weight is 706 g/mol. The molecule has 6 rings (SSSR count). The second-order valence-corrected chi connectivity index (χ2v) is 12.8. The van der Waals surface area contributed by atoms with Gasteiger partial charge in [-0.1, -0.05) is 54.6 Å². The molecular formula is C38H39N7O7. The SMILES string of the molecule is NC(CCC(=O)O)C(=O)NC(Cc1c[nH]c2ccccc12)C(=O)NC(Cc1c[nH]c2ccccc12)C(=O)NC(Cc1c[nH]c2ccccc12)C(=O)O. The smallest absolute Gasteiger partial charge is 0.326 e. The Morgan fingerprint density at radius 3 is 1.33 bits per heavy atom. The van der Waals surface area contributed by atoms with E-state index in [4.69, 9.17) is 10.8 Å². The molecule has 3 aromatic carbocycles. The number of fused-ring (bicyclic) bond motifs is 3. The van der Waals surface area contributed by atoms with Gasteiger partial charge in [-0.3, -0.25) is 19.2 Å². The maximum Gasteiger partial charge on any atom is 0.326 e. The minimum Gasteiger partial charge on any atom is -0.481 e. The summed E-state index contributed by atoms with van der Waals surface area (Å²) in [6.45, 7) is 0. The van der Waals surface area contributed by atoms with E-state index in [1.165, 1.54) is 0 Å². The van der Waals surface area contributed by atoms with Gasteiger partial charge in [0.1, 0.15) is 18.1 Å². The first-order valence-corrected chi connectivity index (χ1v) is 16.8. The molecule has 4 atom stereocenters. The maximum atomic E-state index is 14.2. The van der Waals surface area contributed by atoms with Gasteiger partial charge in [-0.15, -0.1) is 0 Å². The molecule has 6 aromatic rings. The highest BCUT2D eigenvalue weighted by molar-refractivity contribution is 5.96. The van der Waals surface area contributed by atoms with Crippen LogP contribution in [0.15, 0.2) is 91.4 Å². The minimum atomic E-state index is -1.33. The normalized spacial score (nSPS) is 13.7. The first-order chi connectivity index (χ1) is 25.1. The number of carbonyl (C=O) groups is 5. The number of para-hydroxylation sites is 3. The number of H-pyrrole nitrogens is 3. The lowest BCUT2D eigenvalue weighted by atomic mass is 10.00. The Morgan fingerprint density at radius 1 is 0.558 bits per heavy atom. The highest BCUT2D eigenvalue weighted by atomic mass is 16.4. The lowest BCUT2D eigenvalue weighted by molar-refractivity contribution is -0.142. The number of aromatic nitrogens is 3. The predicted molar refractivity (Wildman–Crippen MR) is 194 cm³/mol. The topological polar surface area (TPSA) is 235 Å². The van der Waals surface area contributed by atoms with E-state index < -0.39 is 53.8 Å². The van der Waals surface area contributed by atoms with Crippen molar-refractivity contribution < 1.29 is 34.2 Å². The van der Waals surface area contributed by atoms with Gasteiger partial charge in [-0.2, -0.15) is 0 Å². The Hall–Kier alpha value is -6.41. The van der Waals surface area contributed by atoms with Gasteiger partial charge in [0, 0.05) is 77.0 Å². The summed E-state index contributed by atoms with van der Waals surface area (Å²) in [5, 5.41) is 29.8. The number of hydrogen-bond donors (Lipinski definition) is 9. The molecule has 0 aliphatic heterocycles. The number of aromatic amines is 3. The van der Waals surface area contributed by atoms with Crippen LogP contribution in [0.5, 0.6) is 0 Å². The van der Waals surface area contributed by atoms with Crippen molar-refractivity contribution >= 4 is 62.4 Å².